The number of nitrogens with one attached hydrogen (secondary N) is 1. The van der Waals surface area contributed by atoms with Gasteiger partial charge in [-0.25, -0.2) is 4.90 Å². The molecule has 0 radical (unpaired) electrons. The van der Waals surface area contributed by atoms with E-state index in [4.69, 9.17) is 9.47 Å². The van der Waals surface area contributed by atoms with E-state index in [9.17, 15) is 14.4 Å². The minimum atomic E-state index is -0.847. The zero-order chi connectivity index (χ0) is 24.4. The molecule has 0 aromatic heterocycles. The maximum Gasteiger partial charge on any atom is 0.247 e. The number of benzene rings is 3. The number of imide groups is 1. The van der Waals surface area contributed by atoms with Crippen LogP contribution in [0.2, 0.25) is 0 Å². The Morgan fingerprint density at radius 2 is 1.61 bits per heavy atom. The summed E-state index contributed by atoms with van der Waals surface area (Å²) >= 11 is 0. The second-order valence-electron chi connectivity index (χ2n) is 9.24. The Kier molecular flexibility index (Phi) is 4.44. The molecule has 178 valence electrons. The van der Waals surface area contributed by atoms with Gasteiger partial charge < -0.3 is 19.7 Å². The van der Waals surface area contributed by atoms with Gasteiger partial charge in [-0.2, -0.15) is 0 Å². The fourth-order valence-electron chi connectivity index (χ4n) is 5.87. The van der Waals surface area contributed by atoms with Gasteiger partial charge in [0, 0.05) is 18.0 Å². The van der Waals surface area contributed by atoms with Crippen LogP contribution in [-0.2, 0) is 14.4 Å². The highest BCUT2D eigenvalue weighted by Crippen LogP contribution is 2.53. The SMILES string of the molecule is O=C(Nc1ccccc1)[C@@H]1[C@@H]2C(=O)N(c3ccc4c(c3)OCO4)C(=O)[C@H]2[C@H]2c3ccccc3C=CN12. The Morgan fingerprint density at radius 3 is 2.47 bits per heavy atom. The van der Waals surface area contributed by atoms with E-state index in [0.717, 1.165) is 11.1 Å². The molecular formula is C28H21N3O5. The van der Waals surface area contributed by atoms with E-state index in [1.807, 2.05) is 59.6 Å². The van der Waals surface area contributed by atoms with Crippen molar-refractivity contribution in [3.8, 4) is 11.5 Å². The third kappa shape index (κ3) is 2.90. The van der Waals surface area contributed by atoms with E-state index in [1.165, 1.54) is 4.90 Å². The number of para-hydroxylation sites is 1. The Labute approximate surface area is 206 Å². The molecule has 0 saturated carbocycles. The zero-order valence-electron chi connectivity index (χ0n) is 19.0. The highest BCUT2D eigenvalue weighted by molar-refractivity contribution is 6.24. The van der Waals surface area contributed by atoms with Crippen molar-refractivity contribution in [2.45, 2.75) is 12.1 Å². The van der Waals surface area contributed by atoms with Gasteiger partial charge in [-0.05, 0) is 41.5 Å². The van der Waals surface area contributed by atoms with Crippen LogP contribution in [-0.4, -0.2) is 35.5 Å². The summed E-state index contributed by atoms with van der Waals surface area (Å²) in [6.07, 6.45) is 3.77. The van der Waals surface area contributed by atoms with Crippen LogP contribution in [0.4, 0.5) is 11.4 Å². The standard InChI is InChI=1S/C28H21N3O5/c32-26(29-17-7-2-1-3-8-17)25-23-22(24-19-9-5-4-6-16(19)12-13-30(24)25)27(33)31(28(23)34)18-10-11-20-21(14-18)36-15-35-20/h1-14,22-25H,15H2,(H,29,32)/t22-,23-,24-,25+/m1/s1. The first-order valence-corrected chi connectivity index (χ1v) is 11.8. The van der Waals surface area contributed by atoms with Gasteiger partial charge in [0.1, 0.15) is 6.04 Å². The van der Waals surface area contributed by atoms with Crippen molar-refractivity contribution in [2.24, 2.45) is 11.8 Å². The number of hydrogen-bond acceptors (Lipinski definition) is 6. The average molecular weight is 479 g/mol. The van der Waals surface area contributed by atoms with E-state index in [-0.39, 0.29) is 18.6 Å². The number of nitrogens with zero attached hydrogens (tertiary/aromatic N) is 2. The van der Waals surface area contributed by atoms with Gasteiger partial charge in [0.15, 0.2) is 11.5 Å². The summed E-state index contributed by atoms with van der Waals surface area (Å²) < 4.78 is 10.8. The van der Waals surface area contributed by atoms with Crippen LogP contribution < -0.4 is 19.7 Å². The number of carbonyl (C=O) groups is 3. The van der Waals surface area contributed by atoms with Gasteiger partial charge in [-0.15, -0.1) is 0 Å². The molecule has 8 nitrogen and oxygen atoms in total. The van der Waals surface area contributed by atoms with E-state index < -0.39 is 29.8 Å². The molecule has 0 bridgehead atoms. The fourth-order valence-corrected chi connectivity index (χ4v) is 5.87. The molecule has 36 heavy (non-hydrogen) atoms. The monoisotopic (exact) mass is 479 g/mol. The number of rotatable bonds is 3. The quantitative estimate of drug-likeness (QED) is 0.578. The van der Waals surface area contributed by atoms with E-state index in [0.29, 0.717) is 22.9 Å². The van der Waals surface area contributed by atoms with Crippen LogP contribution in [0.3, 0.4) is 0 Å². The van der Waals surface area contributed by atoms with Crippen LogP contribution >= 0.6 is 0 Å². The third-order valence-electron chi connectivity index (χ3n) is 7.39. The maximum absolute atomic E-state index is 13.9. The second-order valence-corrected chi connectivity index (χ2v) is 9.24. The molecule has 2 fully saturated rings. The summed E-state index contributed by atoms with van der Waals surface area (Å²) in [4.78, 5) is 44.6. The smallest absolute Gasteiger partial charge is 0.247 e. The molecule has 4 aliphatic rings. The predicted octanol–water partition coefficient (Wildman–Crippen LogP) is 3.57. The minimum Gasteiger partial charge on any atom is -0.454 e. The Balaban J connectivity index is 1.32. The van der Waals surface area contributed by atoms with Crippen LogP contribution in [0.1, 0.15) is 17.2 Å². The molecule has 3 aromatic rings. The first-order valence-electron chi connectivity index (χ1n) is 11.8. The van der Waals surface area contributed by atoms with E-state index in [2.05, 4.69) is 5.32 Å². The summed E-state index contributed by atoms with van der Waals surface area (Å²) in [6.45, 7) is 0.0911. The molecule has 0 unspecified atom stereocenters. The number of ether oxygens (including phenoxy) is 2. The summed E-state index contributed by atoms with van der Waals surface area (Å²) in [5.41, 5.74) is 2.95. The van der Waals surface area contributed by atoms with Crippen molar-refractivity contribution >= 4 is 35.2 Å². The van der Waals surface area contributed by atoms with Crippen LogP contribution in [0.5, 0.6) is 11.5 Å². The molecule has 7 rings (SSSR count). The van der Waals surface area contributed by atoms with E-state index >= 15 is 0 Å². The van der Waals surface area contributed by atoms with Crippen LogP contribution in [0.25, 0.3) is 6.08 Å². The highest BCUT2D eigenvalue weighted by atomic mass is 16.7. The minimum absolute atomic E-state index is 0.0911. The molecular weight excluding hydrogens is 458 g/mol. The lowest BCUT2D eigenvalue weighted by Crippen LogP contribution is -2.46. The maximum atomic E-state index is 13.9. The molecule has 1 N–H and O–H groups in total. The Hall–Kier alpha value is -4.59. The summed E-state index contributed by atoms with van der Waals surface area (Å²) in [7, 11) is 0. The van der Waals surface area contributed by atoms with Gasteiger partial charge in [-0.3, -0.25) is 14.4 Å². The molecule has 3 aromatic carbocycles. The summed E-state index contributed by atoms with van der Waals surface area (Å²) in [5.74, 6) is -1.53. The van der Waals surface area contributed by atoms with Gasteiger partial charge in [0.2, 0.25) is 24.5 Å². The highest BCUT2D eigenvalue weighted by Gasteiger charge is 2.64. The third-order valence-corrected chi connectivity index (χ3v) is 7.39. The number of amides is 3. The first kappa shape index (κ1) is 20.8. The van der Waals surface area contributed by atoms with Crippen LogP contribution in [0.15, 0.2) is 79.0 Å². The van der Waals surface area contributed by atoms with Gasteiger partial charge >= 0.3 is 0 Å². The normalized spacial score (nSPS) is 25.0. The topological polar surface area (TPSA) is 88.2 Å². The molecule has 3 amide bonds. The van der Waals surface area contributed by atoms with Crippen molar-refractivity contribution in [3.05, 3.63) is 90.1 Å². The lowest BCUT2D eigenvalue weighted by molar-refractivity contribution is -0.128. The first-order chi connectivity index (χ1) is 17.6. The number of carbonyl (C=O) groups excluding carboxylic acids is 3. The fraction of sp³-hybridized carbons (Fsp3) is 0.179. The molecule has 0 spiro atoms. The summed E-state index contributed by atoms with van der Waals surface area (Å²) in [5, 5.41) is 2.94. The second kappa shape index (κ2) is 7.71. The molecule has 2 saturated heterocycles. The molecule has 4 heterocycles. The number of hydrogen-bond donors (Lipinski definition) is 1. The van der Waals surface area contributed by atoms with E-state index in [1.54, 1.807) is 30.3 Å². The van der Waals surface area contributed by atoms with Crippen molar-refractivity contribution in [3.63, 3.8) is 0 Å². The van der Waals surface area contributed by atoms with Crippen molar-refractivity contribution < 1.29 is 23.9 Å². The molecule has 4 aliphatic heterocycles. The van der Waals surface area contributed by atoms with Crippen molar-refractivity contribution in [1.82, 2.24) is 4.90 Å². The number of fused-ring (bicyclic) bond motifs is 6. The van der Waals surface area contributed by atoms with Crippen molar-refractivity contribution in [2.75, 3.05) is 17.0 Å². The van der Waals surface area contributed by atoms with Gasteiger partial charge in [-0.1, -0.05) is 42.5 Å². The van der Waals surface area contributed by atoms with Crippen LogP contribution in [0, 0.1) is 11.8 Å². The van der Waals surface area contributed by atoms with Gasteiger partial charge in [0.05, 0.1) is 23.6 Å². The Bertz CT molecular complexity index is 1450. The largest absolute Gasteiger partial charge is 0.454 e. The molecule has 0 aliphatic carbocycles. The summed E-state index contributed by atoms with van der Waals surface area (Å²) in [6, 6.07) is 20.6. The lowest BCUT2D eigenvalue weighted by atomic mass is 9.84. The molecule has 4 atom stereocenters. The van der Waals surface area contributed by atoms with Crippen molar-refractivity contribution in [1.29, 1.82) is 0 Å². The predicted molar refractivity (Wildman–Crippen MR) is 131 cm³/mol. The zero-order valence-corrected chi connectivity index (χ0v) is 19.0. The van der Waals surface area contributed by atoms with Gasteiger partial charge in [0.25, 0.3) is 0 Å². The average Bonchev–Trinajstić information content (AvgIpc) is 3.57. The number of anilines is 2. The Morgan fingerprint density at radius 1 is 0.861 bits per heavy atom. The lowest BCUT2D eigenvalue weighted by Gasteiger charge is -2.35. The molecule has 8 heteroatoms.